The zero-order chi connectivity index (χ0) is 25.5. The molecule has 3 amide bonds. The Bertz CT molecular complexity index is 1080. The highest BCUT2D eigenvalue weighted by atomic mass is 16.5. The van der Waals surface area contributed by atoms with Gasteiger partial charge in [-0.25, -0.2) is 14.8 Å². The van der Waals surface area contributed by atoms with Gasteiger partial charge in [0.25, 0.3) is 0 Å². The molecule has 35 heavy (non-hydrogen) atoms. The van der Waals surface area contributed by atoms with Crippen LogP contribution in [0.25, 0.3) is 0 Å². The lowest BCUT2D eigenvalue weighted by molar-refractivity contribution is -0.136. The number of urea groups is 1. The van der Waals surface area contributed by atoms with Crippen LogP contribution in [-0.4, -0.2) is 91.5 Å². The molecule has 3 rings (SSSR count). The molecule has 0 aliphatic carbocycles. The van der Waals surface area contributed by atoms with Gasteiger partial charge < -0.3 is 14.4 Å². The van der Waals surface area contributed by atoms with Crippen molar-refractivity contribution in [2.75, 3.05) is 57.7 Å². The van der Waals surface area contributed by atoms with Crippen molar-refractivity contribution >= 4 is 29.9 Å². The predicted octanol–water partition coefficient (Wildman–Crippen LogP) is 1.95. The first-order valence-electron chi connectivity index (χ1n) is 11.3. The Morgan fingerprint density at radius 2 is 2.11 bits per heavy atom. The minimum absolute atomic E-state index is 0.00160. The Morgan fingerprint density at radius 3 is 2.80 bits per heavy atom. The van der Waals surface area contributed by atoms with Crippen LogP contribution in [0, 0.1) is 6.92 Å². The topological polar surface area (TPSA) is 117 Å². The third-order valence-electron chi connectivity index (χ3n) is 5.65. The van der Waals surface area contributed by atoms with Gasteiger partial charge in [0.1, 0.15) is 29.2 Å². The monoisotopic (exact) mass is 484 g/mol. The van der Waals surface area contributed by atoms with E-state index in [2.05, 4.69) is 15.3 Å². The molecule has 3 heterocycles. The lowest BCUT2D eigenvalue weighted by Gasteiger charge is -2.32. The van der Waals surface area contributed by atoms with Crippen LogP contribution in [0.5, 0.6) is 5.75 Å². The lowest BCUT2D eigenvalue weighted by Crippen LogP contribution is -2.48. The van der Waals surface area contributed by atoms with Gasteiger partial charge in [-0.05, 0) is 27.0 Å². The lowest BCUT2D eigenvalue weighted by atomic mass is 10.1. The third kappa shape index (κ3) is 6.74. The summed E-state index contributed by atoms with van der Waals surface area (Å²) in [4.78, 5) is 50.4. The number of amides is 3. The Labute approximate surface area is 205 Å². The molecule has 11 heteroatoms. The molecule has 1 aliphatic rings. The van der Waals surface area contributed by atoms with E-state index in [0.717, 1.165) is 12.1 Å². The summed E-state index contributed by atoms with van der Waals surface area (Å²) in [7, 11) is 5.04. The maximum Gasteiger partial charge on any atom is 0.328 e. The highest BCUT2D eigenvalue weighted by molar-refractivity contribution is 6.00. The van der Waals surface area contributed by atoms with Gasteiger partial charge >= 0.3 is 6.03 Å². The minimum atomic E-state index is -0.483. The number of anilines is 2. The normalized spacial score (nSPS) is 15.0. The maximum absolute atomic E-state index is 12.8. The van der Waals surface area contributed by atoms with Gasteiger partial charge in [0.15, 0.2) is 6.29 Å². The summed E-state index contributed by atoms with van der Waals surface area (Å²) in [5.74, 6) is 1.19. The summed E-state index contributed by atoms with van der Waals surface area (Å²) in [6.07, 6.45) is 2.08. The first kappa shape index (κ1) is 26.0. The van der Waals surface area contributed by atoms with Crippen LogP contribution in [0.4, 0.5) is 16.4 Å². The van der Waals surface area contributed by atoms with Gasteiger partial charge in [-0.1, -0.05) is 6.07 Å². The molecule has 1 N–H and O–H groups in total. The number of nitrogens with one attached hydrogen (secondary N) is 1. The van der Waals surface area contributed by atoms with Gasteiger partial charge in [-0.2, -0.15) is 0 Å². The summed E-state index contributed by atoms with van der Waals surface area (Å²) >= 11 is 0. The molecule has 1 atom stereocenters. The predicted molar refractivity (Wildman–Crippen MR) is 131 cm³/mol. The number of hydrogen-bond acceptors (Lipinski definition) is 8. The van der Waals surface area contributed by atoms with E-state index in [-0.39, 0.29) is 23.5 Å². The molecule has 2 aromatic heterocycles. The van der Waals surface area contributed by atoms with Crippen LogP contribution >= 0.6 is 0 Å². The number of piperazine rings is 1. The van der Waals surface area contributed by atoms with Crippen LogP contribution in [0.3, 0.4) is 0 Å². The third-order valence-corrected chi connectivity index (χ3v) is 5.65. The molecule has 1 fully saturated rings. The smallest absolute Gasteiger partial charge is 0.328 e. The van der Waals surface area contributed by atoms with Crippen LogP contribution in [0.1, 0.15) is 28.5 Å². The summed E-state index contributed by atoms with van der Waals surface area (Å²) in [6, 6.07) is 4.53. The van der Waals surface area contributed by atoms with E-state index >= 15 is 0 Å². The van der Waals surface area contributed by atoms with Crippen LogP contribution in [-0.2, 0) is 16.1 Å². The molecule has 0 bridgehead atoms. The molecule has 0 unspecified atom stereocenters. The molecule has 0 saturated carbocycles. The van der Waals surface area contributed by atoms with Crippen molar-refractivity contribution < 1.29 is 23.9 Å². The van der Waals surface area contributed by atoms with Crippen LogP contribution in [0.2, 0.25) is 0 Å². The fraction of sp³-hybridized carbons (Fsp3) is 0.458. The van der Waals surface area contributed by atoms with Gasteiger partial charge in [-0.15, -0.1) is 0 Å². The van der Waals surface area contributed by atoms with Crippen LogP contribution in [0.15, 0.2) is 24.4 Å². The number of rotatable bonds is 9. The zero-order valence-electron chi connectivity index (χ0n) is 20.8. The first-order chi connectivity index (χ1) is 16.7. The maximum atomic E-state index is 12.8. The van der Waals surface area contributed by atoms with Gasteiger partial charge in [0.2, 0.25) is 5.91 Å². The number of aromatic nitrogens is 2. The number of aryl methyl sites for hydroxylation is 1. The van der Waals surface area contributed by atoms with Gasteiger partial charge in [-0.3, -0.25) is 24.7 Å². The van der Waals surface area contributed by atoms with Crippen molar-refractivity contribution in [2.24, 2.45) is 0 Å². The minimum Gasteiger partial charge on any atom is -0.488 e. The largest absolute Gasteiger partial charge is 0.488 e. The fourth-order valence-corrected chi connectivity index (χ4v) is 3.60. The highest BCUT2D eigenvalue weighted by Gasteiger charge is 2.23. The molecule has 11 nitrogen and oxygen atoms in total. The Kier molecular flexibility index (Phi) is 8.72. The second-order valence-electron chi connectivity index (χ2n) is 8.59. The number of methoxy groups -OCH3 is 1. The van der Waals surface area contributed by atoms with Crippen molar-refractivity contribution in [2.45, 2.75) is 26.5 Å². The standard InChI is InChI=1S/C24H32N6O5/c1-16-11-25-21(10-20(16)35-17(2)15-34-5)27-24(33)29(4)22-7-6-18(19(14-31)26-22)12-30-9-8-28(3)13-23(30)32/h6-7,10-11,14,17H,8-9,12-13,15H2,1-5H3,(H,25,27,33)/t17-/m1/s1. The second-order valence-corrected chi connectivity index (χ2v) is 8.59. The summed E-state index contributed by atoms with van der Waals surface area (Å²) < 4.78 is 11.0. The average Bonchev–Trinajstić information content (AvgIpc) is 2.82. The molecule has 188 valence electrons. The van der Waals surface area contributed by atoms with Crippen molar-refractivity contribution in [3.05, 3.63) is 41.2 Å². The number of ether oxygens (including phenoxy) is 2. The number of pyridine rings is 2. The van der Waals surface area contributed by atoms with E-state index in [0.29, 0.717) is 49.7 Å². The van der Waals surface area contributed by atoms with Crippen molar-refractivity contribution in [1.82, 2.24) is 19.8 Å². The second kappa shape index (κ2) is 11.7. The van der Waals surface area contributed by atoms with E-state index in [4.69, 9.17) is 9.47 Å². The summed E-state index contributed by atoms with van der Waals surface area (Å²) in [5, 5.41) is 2.72. The van der Waals surface area contributed by atoms with Crippen molar-refractivity contribution in [3.63, 3.8) is 0 Å². The zero-order valence-corrected chi connectivity index (χ0v) is 20.8. The average molecular weight is 485 g/mol. The van der Waals surface area contributed by atoms with Crippen molar-refractivity contribution in [1.29, 1.82) is 0 Å². The Balaban J connectivity index is 1.70. The molecular formula is C24H32N6O5. The molecule has 1 aliphatic heterocycles. The van der Waals surface area contributed by atoms with E-state index in [1.54, 1.807) is 43.5 Å². The van der Waals surface area contributed by atoms with E-state index in [1.807, 2.05) is 25.8 Å². The quantitative estimate of drug-likeness (QED) is 0.537. The fourth-order valence-electron chi connectivity index (χ4n) is 3.60. The SMILES string of the molecule is COC[C@@H](C)Oc1cc(NC(=O)N(C)c2ccc(CN3CCN(C)CC3=O)c(C=O)n2)ncc1C. The number of carbonyl (C=O) groups excluding carboxylic acids is 3. The van der Waals surface area contributed by atoms with E-state index < -0.39 is 6.03 Å². The van der Waals surface area contributed by atoms with Gasteiger partial charge in [0.05, 0.1) is 13.2 Å². The number of hydrogen-bond donors (Lipinski definition) is 1. The summed E-state index contributed by atoms with van der Waals surface area (Å²) in [5.41, 5.74) is 1.64. The number of likely N-dealkylation sites (N-methyl/N-ethyl adjacent to an activating group) is 1. The Morgan fingerprint density at radius 1 is 1.34 bits per heavy atom. The molecule has 1 saturated heterocycles. The molecule has 0 aromatic carbocycles. The highest BCUT2D eigenvalue weighted by Crippen LogP contribution is 2.23. The first-order valence-corrected chi connectivity index (χ1v) is 11.3. The number of aldehydes is 1. The number of carbonyl (C=O) groups is 3. The molecular weight excluding hydrogens is 452 g/mol. The molecule has 0 spiro atoms. The molecule has 0 radical (unpaired) electrons. The summed E-state index contributed by atoms with van der Waals surface area (Å²) in [6.45, 7) is 6.16. The van der Waals surface area contributed by atoms with E-state index in [1.165, 1.54) is 4.90 Å². The van der Waals surface area contributed by atoms with E-state index in [9.17, 15) is 14.4 Å². The Hall–Kier alpha value is -3.57. The van der Waals surface area contributed by atoms with Crippen LogP contribution < -0.4 is 15.0 Å². The van der Waals surface area contributed by atoms with Crippen molar-refractivity contribution in [3.8, 4) is 5.75 Å². The van der Waals surface area contributed by atoms with Gasteiger partial charge in [0, 0.05) is 57.2 Å². The number of nitrogens with zero attached hydrogens (tertiary/aromatic N) is 5. The molecule has 2 aromatic rings.